The molecule has 0 aliphatic heterocycles. The van der Waals surface area contributed by atoms with Gasteiger partial charge in [0.2, 0.25) is 0 Å². The van der Waals surface area contributed by atoms with E-state index in [2.05, 4.69) is 10.3 Å². The Hall–Kier alpha value is -2.14. The Kier molecular flexibility index (Phi) is 4.43. The molecule has 0 amide bonds. The molecule has 1 heterocycles. The van der Waals surface area contributed by atoms with Crippen molar-refractivity contribution in [3.8, 4) is 0 Å². The maximum atomic E-state index is 13.6. The van der Waals surface area contributed by atoms with Gasteiger partial charge in [0.1, 0.15) is 11.6 Å². The Labute approximate surface area is 126 Å². The molecule has 2 aromatic rings. The fourth-order valence-corrected chi connectivity index (χ4v) is 2.32. The van der Waals surface area contributed by atoms with E-state index in [4.69, 9.17) is 16.7 Å². The molecule has 2 N–H and O–H groups in total. The van der Waals surface area contributed by atoms with Gasteiger partial charge in [0.05, 0.1) is 10.6 Å². The zero-order chi connectivity index (χ0) is 15.6. The van der Waals surface area contributed by atoms with E-state index < -0.39 is 5.97 Å². The van der Waals surface area contributed by atoms with Gasteiger partial charge in [0.25, 0.3) is 0 Å². The second-order valence-electron chi connectivity index (χ2n) is 4.72. The Morgan fingerprint density at radius 3 is 2.57 bits per heavy atom. The summed E-state index contributed by atoms with van der Waals surface area (Å²) in [6, 6.07) is 4.79. The second kappa shape index (κ2) is 6.10. The van der Waals surface area contributed by atoms with E-state index in [-0.39, 0.29) is 22.2 Å². The van der Waals surface area contributed by atoms with Gasteiger partial charge in [-0.15, -0.1) is 0 Å². The van der Waals surface area contributed by atoms with Crippen LogP contribution in [0, 0.1) is 19.7 Å². The van der Waals surface area contributed by atoms with Gasteiger partial charge in [-0.2, -0.15) is 0 Å². The number of benzene rings is 1. The van der Waals surface area contributed by atoms with Gasteiger partial charge in [-0.05, 0) is 36.6 Å². The van der Waals surface area contributed by atoms with Gasteiger partial charge in [-0.25, -0.2) is 14.2 Å². The summed E-state index contributed by atoms with van der Waals surface area (Å²) >= 11 is 5.99. The molecule has 6 heteroatoms. The van der Waals surface area contributed by atoms with Crippen molar-refractivity contribution < 1.29 is 14.3 Å². The van der Waals surface area contributed by atoms with Crippen molar-refractivity contribution in [2.75, 3.05) is 5.32 Å². The number of aryl methyl sites for hydroxylation is 2. The van der Waals surface area contributed by atoms with E-state index in [0.29, 0.717) is 17.7 Å². The first kappa shape index (κ1) is 15.3. The van der Waals surface area contributed by atoms with Crippen LogP contribution in [0.1, 0.15) is 27.0 Å². The second-order valence-corrected chi connectivity index (χ2v) is 5.10. The predicted molar refractivity (Wildman–Crippen MR) is 79.4 cm³/mol. The maximum absolute atomic E-state index is 13.6. The van der Waals surface area contributed by atoms with Gasteiger partial charge in [-0.3, -0.25) is 0 Å². The normalized spacial score (nSPS) is 10.5. The third kappa shape index (κ3) is 3.31. The molecule has 0 saturated carbocycles. The summed E-state index contributed by atoms with van der Waals surface area (Å²) < 4.78 is 13.6. The largest absolute Gasteiger partial charge is 0.478 e. The number of anilines is 1. The molecular formula is C15H14ClFN2O2. The molecule has 4 nitrogen and oxygen atoms in total. The lowest BCUT2D eigenvalue weighted by atomic mass is 10.1. The van der Waals surface area contributed by atoms with Crippen LogP contribution in [0.2, 0.25) is 5.02 Å². The quantitative estimate of drug-likeness (QED) is 0.902. The topological polar surface area (TPSA) is 62.2 Å². The van der Waals surface area contributed by atoms with Gasteiger partial charge >= 0.3 is 5.97 Å². The van der Waals surface area contributed by atoms with Crippen molar-refractivity contribution in [3.63, 3.8) is 0 Å². The number of aromatic carboxylic acids is 1. The summed E-state index contributed by atoms with van der Waals surface area (Å²) in [7, 11) is 0. The summed E-state index contributed by atoms with van der Waals surface area (Å²) in [6.07, 6.45) is 1.37. The van der Waals surface area contributed by atoms with Crippen LogP contribution in [0.25, 0.3) is 0 Å². The van der Waals surface area contributed by atoms with Gasteiger partial charge in [0.15, 0.2) is 0 Å². The lowest BCUT2D eigenvalue weighted by Gasteiger charge is -2.11. The molecular weight excluding hydrogens is 295 g/mol. The molecule has 0 bridgehead atoms. The molecule has 1 aromatic heterocycles. The molecule has 0 spiro atoms. The minimum absolute atomic E-state index is 0.0133. The number of aromatic nitrogens is 1. The van der Waals surface area contributed by atoms with Crippen LogP contribution >= 0.6 is 11.6 Å². The number of nitrogens with zero attached hydrogens (tertiary/aromatic N) is 1. The Morgan fingerprint density at radius 1 is 1.38 bits per heavy atom. The monoisotopic (exact) mass is 308 g/mol. The molecule has 1 aromatic carbocycles. The van der Waals surface area contributed by atoms with Crippen LogP contribution < -0.4 is 5.32 Å². The summed E-state index contributed by atoms with van der Waals surface area (Å²) in [5.41, 5.74) is 1.97. The predicted octanol–water partition coefficient (Wildman–Crippen LogP) is 3.80. The number of carbonyl (C=O) groups is 1. The van der Waals surface area contributed by atoms with E-state index in [1.165, 1.54) is 12.3 Å². The zero-order valence-electron chi connectivity index (χ0n) is 11.6. The molecule has 0 radical (unpaired) electrons. The zero-order valence-corrected chi connectivity index (χ0v) is 12.3. The van der Waals surface area contributed by atoms with Crippen molar-refractivity contribution in [1.82, 2.24) is 4.98 Å². The number of rotatable bonds is 4. The highest BCUT2D eigenvalue weighted by Crippen LogP contribution is 2.24. The fraction of sp³-hybridized carbons (Fsp3) is 0.200. The third-order valence-corrected chi connectivity index (χ3v) is 3.46. The molecule has 21 heavy (non-hydrogen) atoms. The molecule has 0 saturated heterocycles. The third-order valence-electron chi connectivity index (χ3n) is 3.08. The smallest absolute Gasteiger partial charge is 0.337 e. The highest BCUT2D eigenvalue weighted by atomic mass is 35.5. The van der Waals surface area contributed by atoms with Crippen LogP contribution in [0.4, 0.5) is 10.2 Å². The van der Waals surface area contributed by atoms with Crippen LogP contribution in [0.15, 0.2) is 24.4 Å². The van der Waals surface area contributed by atoms with Crippen LogP contribution in [-0.4, -0.2) is 16.1 Å². The minimum atomic E-state index is -1.11. The summed E-state index contributed by atoms with van der Waals surface area (Å²) in [4.78, 5) is 15.0. The molecule has 2 rings (SSSR count). The first-order chi connectivity index (χ1) is 9.90. The lowest BCUT2D eigenvalue weighted by molar-refractivity contribution is 0.0697. The van der Waals surface area contributed by atoms with E-state index in [1.54, 1.807) is 26.0 Å². The van der Waals surface area contributed by atoms with Gasteiger partial charge in [-0.1, -0.05) is 23.7 Å². The van der Waals surface area contributed by atoms with Crippen molar-refractivity contribution >= 4 is 23.4 Å². The van der Waals surface area contributed by atoms with E-state index in [1.807, 2.05) is 0 Å². The highest BCUT2D eigenvalue weighted by molar-refractivity contribution is 6.35. The molecule has 0 atom stereocenters. The molecule has 0 aliphatic rings. The van der Waals surface area contributed by atoms with Gasteiger partial charge in [0, 0.05) is 12.7 Å². The summed E-state index contributed by atoms with van der Waals surface area (Å²) in [5, 5.41) is 12.0. The van der Waals surface area contributed by atoms with E-state index >= 15 is 0 Å². The number of carboxylic acids is 1. The van der Waals surface area contributed by atoms with Crippen molar-refractivity contribution in [2.45, 2.75) is 20.4 Å². The Morgan fingerprint density at radius 2 is 2.00 bits per heavy atom. The van der Waals surface area contributed by atoms with Crippen LogP contribution in [-0.2, 0) is 6.54 Å². The van der Waals surface area contributed by atoms with Crippen LogP contribution in [0.3, 0.4) is 0 Å². The van der Waals surface area contributed by atoms with Crippen molar-refractivity contribution in [2.24, 2.45) is 0 Å². The van der Waals surface area contributed by atoms with Crippen LogP contribution in [0.5, 0.6) is 0 Å². The number of hydrogen-bond donors (Lipinski definition) is 2. The number of nitrogens with one attached hydrogen (secondary N) is 1. The SMILES string of the molecule is Cc1cc(CNc2nccc(C(=O)O)c2Cl)cc(C)c1F. The van der Waals surface area contributed by atoms with Crippen molar-refractivity contribution in [1.29, 1.82) is 0 Å². The molecule has 110 valence electrons. The fourth-order valence-electron chi connectivity index (χ4n) is 2.06. The average molecular weight is 309 g/mol. The summed E-state index contributed by atoms with van der Waals surface area (Å²) in [5.74, 6) is -1.04. The number of hydrogen-bond acceptors (Lipinski definition) is 3. The minimum Gasteiger partial charge on any atom is -0.478 e. The standard InChI is InChI=1S/C15H14ClFN2O2/c1-8-5-10(6-9(2)13(8)17)7-19-14-12(16)11(15(20)21)3-4-18-14/h3-6H,7H2,1-2H3,(H,18,19)(H,20,21). The number of carboxylic acid groups (broad SMARTS) is 1. The maximum Gasteiger partial charge on any atom is 0.337 e. The lowest BCUT2D eigenvalue weighted by Crippen LogP contribution is -2.06. The molecule has 0 fully saturated rings. The average Bonchev–Trinajstić information content (AvgIpc) is 2.43. The first-order valence-corrected chi connectivity index (χ1v) is 6.65. The number of pyridine rings is 1. The van der Waals surface area contributed by atoms with Crippen molar-refractivity contribution in [3.05, 3.63) is 57.5 Å². The van der Waals surface area contributed by atoms with E-state index in [0.717, 1.165) is 5.56 Å². The Balaban J connectivity index is 2.21. The highest BCUT2D eigenvalue weighted by Gasteiger charge is 2.13. The molecule has 0 aliphatic carbocycles. The van der Waals surface area contributed by atoms with Gasteiger partial charge < -0.3 is 10.4 Å². The number of halogens is 2. The molecule has 0 unspecified atom stereocenters. The first-order valence-electron chi connectivity index (χ1n) is 6.27. The summed E-state index contributed by atoms with van der Waals surface area (Å²) in [6.45, 7) is 3.77. The Bertz CT molecular complexity index is 681. The van der Waals surface area contributed by atoms with E-state index in [9.17, 15) is 9.18 Å².